The maximum atomic E-state index is 13.7. The smallest absolute Gasteiger partial charge is 0.161 e. The number of Topliss-reactive ketones (excluding diaryl/α,β-unsaturated/α-hetero) is 1. The Morgan fingerprint density at radius 1 is 1.50 bits per heavy atom. The van der Waals surface area contributed by atoms with Crippen LogP contribution in [0.25, 0.3) is 0 Å². The number of carbonyl (C=O) groups excluding carboxylic acids is 1. The first-order valence-electron chi connectivity index (χ1n) is 7.12. The third-order valence-electron chi connectivity index (χ3n) is 4.22. The van der Waals surface area contributed by atoms with Gasteiger partial charge < -0.3 is 9.80 Å². The Morgan fingerprint density at radius 3 is 2.75 bits per heavy atom. The lowest BCUT2D eigenvalue weighted by atomic mass is 10.0. The molecule has 1 aliphatic rings. The molecule has 1 atom stereocenters. The van der Waals surface area contributed by atoms with E-state index in [0.29, 0.717) is 17.2 Å². The number of ketones is 1. The fraction of sp³-hybridized carbons (Fsp3) is 0.562. The van der Waals surface area contributed by atoms with Gasteiger partial charge in [0.15, 0.2) is 5.78 Å². The summed E-state index contributed by atoms with van der Waals surface area (Å²) in [6, 6.07) is 3.65. The van der Waals surface area contributed by atoms with Crippen LogP contribution < -0.4 is 4.90 Å². The Kier molecular flexibility index (Phi) is 4.43. The summed E-state index contributed by atoms with van der Waals surface area (Å²) in [6.45, 7) is 5.21. The first-order valence-corrected chi connectivity index (χ1v) is 7.12. The van der Waals surface area contributed by atoms with Crippen molar-refractivity contribution in [3.63, 3.8) is 0 Å². The minimum atomic E-state index is -0.315. The predicted octanol–water partition coefficient (Wildman–Crippen LogP) is 2.87. The minimum absolute atomic E-state index is 0.0921. The summed E-state index contributed by atoms with van der Waals surface area (Å²) in [4.78, 5) is 16.2. The number of benzene rings is 1. The third kappa shape index (κ3) is 3.01. The zero-order chi connectivity index (χ0) is 14.9. The molecule has 4 heteroatoms. The molecule has 1 heterocycles. The van der Waals surface area contributed by atoms with Crippen molar-refractivity contribution < 1.29 is 9.18 Å². The lowest BCUT2D eigenvalue weighted by Crippen LogP contribution is -2.37. The number of nitrogens with zero attached hydrogens (tertiary/aromatic N) is 2. The largest absolute Gasteiger partial charge is 0.372 e. The molecule has 1 aromatic carbocycles. The van der Waals surface area contributed by atoms with E-state index in [2.05, 4.69) is 16.8 Å². The van der Waals surface area contributed by atoms with E-state index < -0.39 is 0 Å². The summed E-state index contributed by atoms with van der Waals surface area (Å²) >= 11 is 0. The number of anilines is 1. The molecule has 0 radical (unpaired) electrons. The molecule has 1 unspecified atom stereocenters. The second-order valence-electron chi connectivity index (χ2n) is 5.83. The maximum Gasteiger partial charge on any atom is 0.161 e. The van der Waals surface area contributed by atoms with Crippen LogP contribution in [-0.2, 0) is 0 Å². The van der Waals surface area contributed by atoms with Crippen molar-refractivity contribution in [3.8, 4) is 0 Å². The highest BCUT2D eigenvalue weighted by molar-refractivity contribution is 5.99. The van der Waals surface area contributed by atoms with E-state index in [4.69, 9.17) is 0 Å². The minimum Gasteiger partial charge on any atom is -0.372 e. The Labute approximate surface area is 120 Å². The molecule has 1 saturated heterocycles. The van der Waals surface area contributed by atoms with Crippen molar-refractivity contribution in [2.45, 2.75) is 32.7 Å². The first-order chi connectivity index (χ1) is 9.40. The monoisotopic (exact) mass is 278 g/mol. The van der Waals surface area contributed by atoms with Crippen LogP contribution in [0, 0.1) is 12.7 Å². The van der Waals surface area contributed by atoms with E-state index in [1.54, 1.807) is 13.0 Å². The predicted molar refractivity (Wildman–Crippen MR) is 80.1 cm³/mol. The van der Waals surface area contributed by atoms with Gasteiger partial charge in [0, 0.05) is 30.9 Å². The normalized spacial score (nSPS) is 19.4. The van der Waals surface area contributed by atoms with Gasteiger partial charge in [0.1, 0.15) is 5.82 Å². The summed E-state index contributed by atoms with van der Waals surface area (Å²) in [6.07, 6.45) is 2.40. The Bertz CT molecular complexity index is 515. The van der Waals surface area contributed by atoms with E-state index in [9.17, 15) is 9.18 Å². The molecule has 0 aromatic heterocycles. The second-order valence-corrected chi connectivity index (χ2v) is 5.83. The van der Waals surface area contributed by atoms with Crippen LogP contribution in [0.4, 0.5) is 10.1 Å². The summed E-state index contributed by atoms with van der Waals surface area (Å²) in [5.74, 6) is -0.407. The fourth-order valence-electron chi connectivity index (χ4n) is 2.89. The van der Waals surface area contributed by atoms with Gasteiger partial charge in [-0.3, -0.25) is 4.79 Å². The maximum absolute atomic E-state index is 13.7. The molecule has 0 amide bonds. The van der Waals surface area contributed by atoms with Gasteiger partial charge in [-0.2, -0.15) is 0 Å². The fourth-order valence-corrected chi connectivity index (χ4v) is 2.89. The highest BCUT2D eigenvalue weighted by Crippen LogP contribution is 2.26. The van der Waals surface area contributed by atoms with Gasteiger partial charge in [0.2, 0.25) is 0 Å². The van der Waals surface area contributed by atoms with Crippen molar-refractivity contribution in [1.29, 1.82) is 0 Å². The number of rotatable bonds is 4. The van der Waals surface area contributed by atoms with Crippen LogP contribution in [-0.4, -0.2) is 43.9 Å². The van der Waals surface area contributed by atoms with Gasteiger partial charge >= 0.3 is 0 Å². The lowest BCUT2D eigenvalue weighted by Gasteiger charge is -2.28. The Morgan fingerprint density at radius 2 is 2.20 bits per heavy atom. The van der Waals surface area contributed by atoms with Crippen molar-refractivity contribution in [2.75, 3.05) is 32.1 Å². The molecule has 0 saturated carbocycles. The highest BCUT2D eigenvalue weighted by Gasteiger charge is 2.23. The van der Waals surface area contributed by atoms with E-state index in [1.807, 2.05) is 7.05 Å². The highest BCUT2D eigenvalue weighted by atomic mass is 19.1. The van der Waals surface area contributed by atoms with E-state index in [1.165, 1.54) is 25.8 Å². The van der Waals surface area contributed by atoms with Crippen molar-refractivity contribution in [2.24, 2.45) is 0 Å². The number of hydrogen-bond acceptors (Lipinski definition) is 3. The van der Waals surface area contributed by atoms with E-state index >= 15 is 0 Å². The van der Waals surface area contributed by atoms with Gasteiger partial charge in [0.25, 0.3) is 0 Å². The molecule has 0 N–H and O–H groups in total. The second kappa shape index (κ2) is 5.92. The molecule has 1 fully saturated rings. The summed E-state index contributed by atoms with van der Waals surface area (Å²) in [5, 5.41) is 0. The van der Waals surface area contributed by atoms with Crippen LogP contribution in [0.15, 0.2) is 12.1 Å². The number of aryl methyl sites for hydroxylation is 1. The van der Waals surface area contributed by atoms with Crippen LogP contribution in [0.2, 0.25) is 0 Å². The molecule has 0 aliphatic carbocycles. The van der Waals surface area contributed by atoms with Gasteiger partial charge in [0.05, 0.1) is 0 Å². The summed E-state index contributed by atoms with van der Waals surface area (Å²) in [7, 11) is 4.11. The van der Waals surface area contributed by atoms with Crippen LogP contribution in [0.3, 0.4) is 0 Å². The number of likely N-dealkylation sites (tertiary alicyclic amines) is 1. The molecule has 2 rings (SSSR count). The average molecular weight is 278 g/mol. The quantitative estimate of drug-likeness (QED) is 0.791. The molecule has 0 bridgehead atoms. The molecule has 0 spiro atoms. The molecular formula is C16H23FN2O. The Balaban J connectivity index is 2.26. The molecule has 3 nitrogen and oxygen atoms in total. The molecule has 110 valence electrons. The van der Waals surface area contributed by atoms with Crippen molar-refractivity contribution in [1.82, 2.24) is 4.90 Å². The SMILES string of the molecule is CC(=O)c1cc(F)c(C)cc1N(C)CC1CCCN1C. The van der Waals surface area contributed by atoms with Crippen LogP contribution >= 0.6 is 0 Å². The molecule has 1 aromatic rings. The molecular weight excluding hydrogens is 255 g/mol. The van der Waals surface area contributed by atoms with Gasteiger partial charge in [-0.25, -0.2) is 4.39 Å². The standard InChI is InChI=1S/C16H23FN2O/c1-11-8-16(14(12(2)20)9-15(11)17)19(4)10-13-6-5-7-18(13)3/h8-9,13H,5-7,10H2,1-4H3. The summed E-state index contributed by atoms with van der Waals surface area (Å²) < 4.78 is 13.7. The number of hydrogen-bond donors (Lipinski definition) is 0. The summed E-state index contributed by atoms with van der Waals surface area (Å²) in [5.41, 5.74) is 1.88. The van der Waals surface area contributed by atoms with Gasteiger partial charge in [-0.15, -0.1) is 0 Å². The third-order valence-corrected chi connectivity index (χ3v) is 4.22. The topological polar surface area (TPSA) is 23.6 Å². The van der Waals surface area contributed by atoms with Crippen molar-refractivity contribution >= 4 is 11.5 Å². The zero-order valence-electron chi connectivity index (χ0n) is 12.7. The number of carbonyl (C=O) groups is 1. The van der Waals surface area contributed by atoms with Gasteiger partial charge in [-0.05, 0) is 58.0 Å². The molecule has 20 heavy (non-hydrogen) atoms. The number of halogens is 1. The average Bonchev–Trinajstić information content (AvgIpc) is 2.77. The lowest BCUT2D eigenvalue weighted by molar-refractivity contribution is 0.101. The zero-order valence-corrected chi connectivity index (χ0v) is 12.7. The van der Waals surface area contributed by atoms with Crippen molar-refractivity contribution in [3.05, 3.63) is 29.1 Å². The van der Waals surface area contributed by atoms with Gasteiger partial charge in [-0.1, -0.05) is 0 Å². The Hall–Kier alpha value is -1.42. The van der Waals surface area contributed by atoms with E-state index in [-0.39, 0.29) is 11.6 Å². The number of likely N-dealkylation sites (N-methyl/N-ethyl adjacent to an activating group) is 2. The van der Waals surface area contributed by atoms with E-state index in [0.717, 1.165) is 18.8 Å². The van der Waals surface area contributed by atoms with Crippen LogP contribution in [0.5, 0.6) is 0 Å². The first kappa shape index (κ1) is 15.0. The molecule has 1 aliphatic heterocycles. The van der Waals surface area contributed by atoms with Crippen LogP contribution in [0.1, 0.15) is 35.7 Å².